The van der Waals surface area contributed by atoms with Gasteiger partial charge in [0.2, 0.25) is 0 Å². The van der Waals surface area contributed by atoms with E-state index in [2.05, 4.69) is 121 Å². The summed E-state index contributed by atoms with van der Waals surface area (Å²) >= 11 is 1.84. The van der Waals surface area contributed by atoms with Crippen LogP contribution in [0.1, 0.15) is 11.1 Å². The van der Waals surface area contributed by atoms with E-state index in [9.17, 15) is 0 Å². The summed E-state index contributed by atoms with van der Waals surface area (Å²) in [5.74, 6) is 1.32. The van der Waals surface area contributed by atoms with E-state index in [4.69, 9.17) is 19.9 Å². The lowest BCUT2D eigenvalue weighted by molar-refractivity contribution is 1.14. The van der Waals surface area contributed by atoms with Gasteiger partial charge in [-0.15, -0.1) is 0 Å². The van der Waals surface area contributed by atoms with Crippen LogP contribution in [-0.2, 0) is 0 Å². The zero-order chi connectivity index (χ0) is 36.6. The molecule has 0 fully saturated rings. The number of rotatable bonds is 4. The molecule has 0 spiro atoms. The second-order valence-corrected chi connectivity index (χ2v) is 14.5. The second-order valence-electron chi connectivity index (χ2n) is 13.5. The molecular weight excluding hydrogens is 689 g/mol. The van der Waals surface area contributed by atoms with Gasteiger partial charge in [0.05, 0.1) is 11.4 Å². The molecule has 9 aromatic rings. The van der Waals surface area contributed by atoms with Crippen molar-refractivity contribution < 1.29 is 0 Å². The molecule has 5 heteroatoms. The highest BCUT2D eigenvalue weighted by Crippen LogP contribution is 2.47. The van der Waals surface area contributed by atoms with Crippen molar-refractivity contribution in [1.29, 1.82) is 0 Å². The van der Waals surface area contributed by atoms with Crippen LogP contribution in [0.25, 0.3) is 90.5 Å². The van der Waals surface area contributed by atoms with Crippen molar-refractivity contribution in [3.63, 3.8) is 0 Å². The molecule has 0 atom stereocenters. The number of fused-ring (bicyclic) bond motifs is 8. The maximum absolute atomic E-state index is 5.19. The molecule has 0 unspecified atom stereocenters. The highest BCUT2D eigenvalue weighted by molar-refractivity contribution is 7.99. The van der Waals surface area contributed by atoms with Crippen LogP contribution in [-0.4, -0.2) is 19.9 Å². The van der Waals surface area contributed by atoms with E-state index in [1.54, 1.807) is 0 Å². The molecule has 0 radical (unpaired) electrons. The molecule has 0 saturated carbocycles. The average molecular weight is 721 g/mol. The van der Waals surface area contributed by atoms with Crippen LogP contribution in [0.4, 0.5) is 0 Å². The molecule has 3 heterocycles. The zero-order valence-electron chi connectivity index (χ0n) is 29.7. The maximum atomic E-state index is 5.19. The van der Waals surface area contributed by atoms with Crippen molar-refractivity contribution in [2.75, 3.05) is 0 Å². The number of aromatic nitrogens is 4. The second kappa shape index (κ2) is 14.1. The summed E-state index contributed by atoms with van der Waals surface area (Å²) in [5, 5.41) is 2.44. The van der Waals surface area contributed by atoms with Crippen molar-refractivity contribution in [3.8, 4) is 67.5 Å². The molecular formula is C50H32N4S. The smallest absolute Gasteiger partial charge is 0.160 e. The monoisotopic (exact) mass is 720 g/mol. The molecule has 55 heavy (non-hydrogen) atoms. The SMILES string of the molecule is C1=Cc2ccc(-c3cc(-c4cnc(-c5ccccc5)nc4)nc(-c4ccccc4)n3)cc2-c2ccc3ccccc3c2Sc2ccccc2-c2ccccc21. The minimum Gasteiger partial charge on any atom is -0.236 e. The van der Waals surface area contributed by atoms with E-state index in [0.717, 1.165) is 44.8 Å². The third-order valence-corrected chi connectivity index (χ3v) is 11.3. The first-order valence-electron chi connectivity index (χ1n) is 18.3. The van der Waals surface area contributed by atoms with Crippen LogP contribution in [0.15, 0.2) is 192 Å². The molecule has 0 saturated heterocycles. The van der Waals surface area contributed by atoms with Gasteiger partial charge in [-0.1, -0.05) is 176 Å². The Labute approximate surface area is 324 Å². The van der Waals surface area contributed by atoms with Crippen LogP contribution < -0.4 is 0 Å². The van der Waals surface area contributed by atoms with Crippen molar-refractivity contribution in [3.05, 3.63) is 193 Å². The molecule has 258 valence electrons. The number of hydrogen-bond acceptors (Lipinski definition) is 5. The van der Waals surface area contributed by atoms with Gasteiger partial charge in [-0.05, 0) is 62.4 Å². The predicted molar refractivity (Wildman–Crippen MR) is 227 cm³/mol. The van der Waals surface area contributed by atoms with Crippen molar-refractivity contribution in [2.45, 2.75) is 9.79 Å². The highest BCUT2D eigenvalue weighted by atomic mass is 32.2. The third kappa shape index (κ3) is 6.31. The number of nitrogens with zero attached hydrogens (tertiary/aromatic N) is 4. The Bertz CT molecular complexity index is 2890. The van der Waals surface area contributed by atoms with E-state index in [-0.39, 0.29) is 0 Å². The Morgan fingerprint density at radius 1 is 0.382 bits per heavy atom. The average Bonchev–Trinajstić information content (AvgIpc) is 3.28. The quantitative estimate of drug-likeness (QED) is 0.181. The van der Waals surface area contributed by atoms with E-state index >= 15 is 0 Å². The van der Waals surface area contributed by atoms with Gasteiger partial charge in [0, 0.05) is 44.4 Å². The van der Waals surface area contributed by atoms with E-state index in [1.807, 2.05) is 84.8 Å². The number of benzene rings is 7. The summed E-state index contributed by atoms with van der Waals surface area (Å²) in [5.41, 5.74) is 12.4. The van der Waals surface area contributed by atoms with Gasteiger partial charge in [0.1, 0.15) is 0 Å². The van der Waals surface area contributed by atoms with Crippen LogP contribution in [0.5, 0.6) is 0 Å². The molecule has 4 nitrogen and oxygen atoms in total. The van der Waals surface area contributed by atoms with Crippen LogP contribution in [0, 0.1) is 0 Å². The molecule has 1 aliphatic heterocycles. The Hall–Kier alpha value is -6.95. The summed E-state index contributed by atoms with van der Waals surface area (Å²) in [6.45, 7) is 0. The summed E-state index contributed by atoms with van der Waals surface area (Å²) in [4.78, 5) is 22.2. The van der Waals surface area contributed by atoms with Crippen LogP contribution in [0.2, 0.25) is 0 Å². The van der Waals surface area contributed by atoms with Gasteiger partial charge >= 0.3 is 0 Å². The van der Waals surface area contributed by atoms with Crippen LogP contribution >= 0.6 is 11.8 Å². The Kier molecular flexibility index (Phi) is 8.39. The fraction of sp³-hybridized carbons (Fsp3) is 0. The summed E-state index contributed by atoms with van der Waals surface area (Å²) in [6, 6.07) is 59.5. The molecule has 0 bridgehead atoms. The van der Waals surface area contributed by atoms with Crippen molar-refractivity contribution in [1.82, 2.24) is 19.9 Å². The molecule has 10 rings (SSSR count). The van der Waals surface area contributed by atoms with Gasteiger partial charge in [-0.2, -0.15) is 0 Å². The topological polar surface area (TPSA) is 51.6 Å². The van der Waals surface area contributed by atoms with Crippen molar-refractivity contribution in [2.24, 2.45) is 0 Å². The normalized spacial score (nSPS) is 11.9. The lowest BCUT2D eigenvalue weighted by Gasteiger charge is -2.18. The minimum atomic E-state index is 0.645. The van der Waals surface area contributed by atoms with Gasteiger partial charge in [-0.25, -0.2) is 19.9 Å². The maximum Gasteiger partial charge on any atom is 0.160 e. The molecule has 0 aliphatic carbocycles. The van der Waals surface area contributed by atoms with Gasteiger partial charge in [0.15, 0.2) is 11.6 Å². The lowest BCUT2D eigenvalue weighted by Crippen LogP contribution is -1.98. The molecule has 1 aliphatic rings. The van der Waals surface area contributed by atoms with E-state index in [0.29, 0.717) is 11.6 Å². The fourth-order valence-electron chi connectivity index (χ4n) is 7.27. The van der Waals surface area contributed by atoms with Crippen LogP contribution in [0.3, 0.4) is 0 Å². The first kappa shape index (κ1) is 32.7. The van der Waals surface area contributed by atoms with Gasteiger partial charge in [-0.3, -0.25) is 0 Å². The first-order chi connectivity index (χ1) is 27.2. The minimum absolute atomic E-state index is 0.645. The van der Waals surface area contributed by atoms with Crippen molar-refractivity contribution >= 4 is 34.7 Å². The zero-order valence-corrected chi connectivity index (χ0v) is 30.5. The lowest BCUT2D eigenvalue weighted by atomic mass is 9.93. The summed E-state index contributed by atoms with van der Waals surface area (Å²) in [7, 11) is 0. The Morgan fingerprint density at radius 2 is 1.00 bits per heavy atom. The van der Waals surface area contributed by atoms with Gasteiger partial charge < -0.3 is 0 Å². The Balaban J connectivity index is 1.18. The number of hydrogen-bond donors (Lipinski definition) is 0. The molecule has 7 aromatic carbocycles. The molecule has 0 amide bonds. The van der Waals surface area contributed by atoms with E-state index in [1.165, 1.54) is 42.8 Å². The summed E-state index contributed by atoms with van der Waals surface area (Å²) < 4.78 is 0. The fourth-order valence-corrected chi connectivity index (χ4v) is 8.51. The van der Waals surface area contributed by atoms with Gasteiger partial charge in [0.25, 0.3) is 0 Å². The third-order valence-electron chi connectivity index (χ3n) is 10.0. The molecule has 0 N–H and O–H groups in total. The van der Waals surface area contributed by atoms with E-state index < -0.39 is 0 Å². The Morgan fingerprint density at radius 3 is 1.78 bits per heavy atom. The first-order valence-corrected chi connectivity index (χ1v) is 19.1. The predicted octanol–water partition coefficient (Wildman–Crippen LogP) is 13.1. The standard InChI is InChI=1S/C50H32N4S/c1-3-15-36(16-4-1)49-51-31-39(32-52-49)46-30-45(53-50(54-46)37-17-5-2-6-18-37)38-26-25-35-24-23-33-13-7-9-19-40(33)42-21-11-12-22-47(42)55-48-41-20-10-8-14-34(41)27-28-43(48)44(35)29-38/h1-32H. The summed E-state index contributed by atoms with van der Waals surface area (Å²) in [6.07, 6.45) is 8.20. The highest BCUT2D eigenvalue weighted by Gasteiger charge is 2.20. The largest absolute Gasteiger partial charge is 0.236 e. The molecule has 2 aromatic heterocycles.